The Labute approximate surface area is 131 Å². The number of Topliss-reactive ketones (excluding diaryl/α,β-unsaturated/α-hetero) is 1. The van der Waals surface area contributed by atoms with E-state index >= 15 is 0 Å². The molecule has 0 N–H and O–H groups in total. The van der Waals surface area contributed by atoms with Crippen LogP contribution in [0.5, 0.6) is 0 Å². The fourth-order valence-electron chi connectivity index (χ4n) is 1.30. The van der Waals surface area contributed by atoms with Gasteiger partial charge in [-0.15, -0.1) is 0 Å². The van der Waals surface area contributed by atoms with E-state index in [0.29, 0.717) is 18.8 Å². The molecule has 0 rings (SSSR count). The van der Waals surface area contributed by atoms with Crippen LogP contribution in [0.25, 0.3) is 0 Å². The van der Waals surface area contributed by atoms with E-state index in [4.69, 9.17) is 4.74 Å². The highest BCUT2D eigenvalue weighted by molar-refractivity contribution is 8.77. The third-order valence-corrected chi connectivity index (χ3v) is 6.10. The third kappa shape index (κ3) is 9.70. The van der Waals surface area contributed by atoms with Gasteiger partial charge in [0.25, 0.3) is 0 Å². The minimum atomic E-state index is -0.141. The molecule has 0 unspecified atom stereocenters. The summed E-state index contributed by atoms with van der Waals surface area (Å²) >= 11 is 0. The summed E-state index contributed by atoms with van der Waals surface area (Å²) in [4.78, 5) is 22.9. The van der Waals surface area contributed by atoms with Crippen molar-refractivity contribution in [2.45, 2.75) is 59.1 Å². The van der Waals surface area contributed by atoms with Crippen LogP contribution in [0.15, 0.2) is 0 Å². The zero-order valence-electron chi connectivity index (χ0n) is 13.5. The summed E-state index contributed by atoms with van der Waals surface area (Å²) in [5.74, 6) is 1.03. The van der Waals surface area contributed by atoms with Gasteiger partial charge >= 0.3 is 5.97 Å². The van der Waals surface area contributed by atoms with Gasteiger partial charge in [0, 0.05) is 22.8 Å². The van der Waals surface area contributed by atoms with Gasteiger partial charge in [0.1, 0.15) is 12.4 Å². The first-order chi connectivity index (χ1) is 9.15. The van der Waals surface area contributed by atoms with Crippen LogP contribution in [0.4, 0.5) is 0 Å². The summed E-state index contributed by atoms with van der Waals surface area (Å²) in [7, 11) is 3.47. The summed E-state index contributed by atoms with van der Waals surface area (Å²) in [6.45, 7) is 12.3. The number of carbonyl (C=O) groups excluding carboxylic acids is 2. The van der Waals surface area contributed by atoms with Crippen molar-refractivity contribution in [3.8, 4) is 0 Å². The second-order valence-electron chi connectivity index (χ2n) is 6.11. The van der Waals surface area contributed by atoms with Crippen LogP contribution in [-0.2, 0) is 14.3 Å². The van der Waals surface area contributed by atoms with Crippen molar-refractivity contribution in [3.63, 3.8) is 0 Å². The van der Waals surface area contributed by atoms with Crippen molar-refractivity contribution in [1.82, 2.24) is 0 Å². The van der Waals surface area contributed by atoms with E-state index in [0.717, 1.165) is 12.2 Å². The lowest BCUT2D eigenvalue weighted by Gasteiger charge is -2.23. The highest BCUT2D eigenvalue weighted by Crippen LogP contribution is 2.38. The molecule has 5 heteroatoms. The van der Waals surface area contributed by atoms with Gasteiger partial charge in [0.15, 0.2) is 0 Å². The van der Waals surface area contributed by atoms with Gasteiger partial charge in [0.05, 0.1) is 5.92 Å². The van der Waals surface area contributed by atoms with E-state index in [1.807, 2.05) is 27.7 Å². The smallest absolute Gasteiger partial charge is 0.308 e. The number of ketones is 1. The molecule has 0 heterocycles. The van der Waals surface area contributed by atoms with Crippen LogP contribution in [0, 0.1) is 11.8 Å². The quantitative estimate of drug-likeness (QED) is 0.340. The van der Waals surface area contributed by atoms with Crippen LogP contribution < -0.4 is 0 Å². The lowest BCUT2D eigenvalue weighted by Crippen LogP contribution is -2.18. The standard InChI is InChI=1S/C15H28O3S2/c1-11(2)13(16)7-8-15(5,6)20-19-10-9-18-14(17)12(3)4/h11-12H,7-10H2,1-6H3. The number of carbonyl (C=O) groups is 2. The first-order valence-corrected chi connectivity index (χ1v) is 9.47. The minimum Gasteiger partial charge on any atom is -0.465 e. The normalized spacial score (nSPS) is 12.0. The van der Waals surface area contributed by atoms with Crippen LogP contribution >= 0.6 is 21.6 Å². The first kappa shape index (κ1) is 19.8. The van der Waals surface area contributed by atoms with E-state index in [-0.39, 0.29) is 22.6 Å². The van der Waals surface area contributed by atoms with Gasteiger partial charge in [-0.2, -0.15) is 0 Å². The lowest BCUT2D eigenvalue weighted by atomic mass is 9.99. The Balaban J connectivity index is 3.77. The predicted molar refractivity (Wildman–Crippen MR) is 89.0 cm³/mol. The molecule has 0 aromatic rings. The fourth-order valence-corrected chi connectivity index (χ4v) is 3.70. The van der Waals surface area contributed by atoms with Crippen LogP contribution in [0.2, 0.25) is 0 Å². The average molecular weight is 321 g/mol. The Morgan fingerprint density at radius 3 is 2.20 bits per heavy atom. The predicted octanol–water partition coefficient (Wildman–Crippen LogP) is 4.35. The van der Waals surface area contributed by atoms with Crippen LogP contribution in [-0.4, -0.2) is 28.9 Å². The molecule has 0 amide bonds. The topological polar surface area (TPSA) is 43.4 Å². The molecule has 0 saturated heterocycles. The average Bonchev–Trinajstić information content (AvgIpc) is 2.34. The maximum Gasteiger partial charge on any atom is 0.308 e. The molecule has 0 aromatic heterocycles. The summed E-state index contributed by atoms with van der Waals surface area (Å²) in [6, 6.07) is 0. The van der Waals surface area contributed by atoms with E-state index in [9.17, 15) is 9.59 Å². The monoisotopic (exact) mass is 320 g/mol. The molecule has 0 aromatic carbocycles. The van der Waals surface area contributed by atoms with Crippen molar-refractivity contribution in [2.24, 2.45) is 11.8 Å². The lowest BCUT2D eigenvalue weighted by molar-refractivity contribution is -0.146. The summed E-state index contributed by atoms with van der Waals surface area (Å²) in [6.07, 6.45) is 1.52. The van der Waals surface area contributed by atoms with E-state index in [1.54, 1.807) is 21.6 Å². The molecule has 0 saturated carbocycles. The number of ether oxygens (including phenoxy) is 1. The Morgan fingerprint density at radius 1 is 1.10 bits per heavy atom. The second-order valence-corrected chi connectivity index (χ2v) is 9.23. The number of esters is 1. The second kappa shape index (κ2) is 9.72. The highest BCUT2D eigenvalue weighted by Gasteiger charge is 2.21. The van der Waals surface area contributed by atoms with Crippen LogP contribution in [0.3, 0.4) is 0 Å². The van der Waals surface area contributed by atoms with Crippen molar-refractivity contribution in [1.29, 1.82) is 0 Å². The molecular formula is C15H28O3S2. The van der Waals surface area contributed by atoms with E-state index < -0.39 is 0 Å². The van der Waals surface area contributed by atoms with Crippen LogP contribution in [0.1, 0.15) is 54.4 Å². The maximum absolute atomic E-state index is 11.6. The summed E-state index contributed by atoms with van der Waals surface area (Å²) < 4.78 is 5.19. The zero-order valence-corrected chi connectivity index (χ0v) is 15.2. The SMILES string of the molecule is CC(C)C(=O)CCC(C)(C)SSCCOC(=O)C(C)C. The fraction of sp³-hybridized carbons (Fsp3) is 0.867. The molecule has 3 nitrogen and oxygen atoms in total. The molecule has 0 radical (unpaired) electrons. The van der Waals surface area contributed by atoms with Gasteiger partial charge < -0.3 is 4.74 Å². The Hall–Kier alpha value is -0.160. The number of hydrogen-bond donors (Lipinski definition) is 0. The molecule has 0 atom stereocenters. The molecule has 0 spiro atoms. The van der Waals surface area contributed by atoms with Gasteiger partial charge in [-0.05, 0) is 20.3 Å². The highest BCUT2D eigenvalue weighted by atomic mass is 33.1. The van der Waals surface area contributed by atoms with Gasteiger partial charge in [0.2, 0.25) is 0 Å². The molecule has 20 heavy (non-hydrogen) atoms. The molecule has 0 fully saturated rings. The van der Waals surface area contributed by atoms with Crippen molar-refractivity contribution < 1.29 is 14.3 Å². The number of hydrogen-bond acceptors (Lipinski definition) is 5. The Morgan fingerprint density at radius 2 is 1.70 bits per heavy atom. The first-order valence-electron chi connectivity index (χ1n) is 7.15. The maximum atomic E-state index is 11.6. The van der Waals surface area contributed by atoms with E-state index in [2.05, 4.69) is 13.8 Å². The molecule has 118 valence electrons. The van der Waals surface area contributed by atoms with Gasteiger partial charge in [-0.3, -0.25) is 9.59 Å². The molecule has 0 aliphatic carbocycles. The minimum absolute atomic E-state index is 0.0638. The molecule has 0 aliphatic rings. The van der Waals surface area contributed by atoms with Gasteiger partial charge in [-0.1, -0.05) is 49.3 Å². The summed E-state index contributed by atoms with van der Waals surface area (Å²) in [5.41, 5.74) is 0. The van der Waals surface area contributed by atoms with Gasteiger partial charge in [-0.25, -0.2) is 0 Å². The molecule has 0 bridgehead atoms. The van der Waals surface area contributed by atoms with Crippen molar-refractivity contribution in [3.05, 3.63) is 0 Å². The Bertz CT molecular complexity index is 312. The van der Waals surface area contributed by atoms with Crippen molar-refractivity contribution >= 4 is 33.3 Å². The largest absolute Gasteiger partial charge is 0.465 e. The third-order valence-electron chi connectivity index (χ3n) is 2.78. The van der Waals surface area contributed by atoms with E-state index in [1.165, 1.54) is 0 Å². The van der Waals surface area contributed by atoms with Crippen molar-refractivity contribution in [2.75, 3.05) is 12.4 Å². The zero-order chi connectivity index (χ0) is 15.8. The Kier molecular flexibility index (Phi) is 9.64. The molecular weight excluding hydrogens is 292 g/mol. The number of rotatable bonds is 10. The molecule has 0 aliphatic heterocycles. The summed E-state index contributed by atoms with van der Waals surface area (Å²) in [5, 5.41) is 0.